The van der Waals surface area contributed by atoms with E-state index in [0.29, 0.717) is 22.7 Å². The Bertz CT molecular complexity index is 860. The minimum absolute atomic E-state index is 0.110. The zero-order chi connectivity index (χ0) is 19.3. The number of nitrogens with one attached hydrogen (secondary N) is 2. The van der Waals surface area contributed by atoms with Gasteiger partial charge in [0.05, 0.1) is 6.54 Å². The monoisotopic (exact) mass is 381 g/mol. The summed E-state index contributed by atoms with van der Waals surface area (Å²) in [6, 6.07) is 12.7. The van der Waals surface area contributed by atoms with E-state index < -0.39 is 0 Å². The highest BCUT2D eigenvalue weighted by Crippen LogP contribution is 2.32. The van der Waals surface area contributed by atoms with E-state index in [0.717, 1.165) is 13.1 Å². The minimum atomic E-state index is -0.339. The molecule has 2 N–H and O–H groups in total. The van der Waals surface area contributed by atoms with Gasteiger partial charge in [-0.25, -0.2) is 0 Å². The van der Waals surface area contributed by atoms with E-state index in [1.54, 1.807) is 18.2 Å². The van der Waals surface area contributed by atoms with Crippen LogP contribution in [0.4, 0.5) is 11.4 Å². The number of ether oxygens (including phenoxy) is 2. The molecule has 2 amide bonds. The van der Waals surface area contributed by atoms with E-state index in [9.17, 15) is 9.59 Å². The lowest BCUT2D eigenvalue weighted by Gasteiger charge is -2.28. The van der Waals surface area contributed by atoms with Crippen LogP contribution in [0.3, 0.4) is 0 Å². The average Bonchev–Trinajstić information content (AvgIpc) is 3.21. The highest BCUT2D eigenvalue weighted by atomic mass is 16.7. The first-order valence-corrected chi connectivity index (χ1v) is 9.52. The van der Waals surface area contributed by atoms with Crippen molar-refractivity contribution in [2.45, 2.75) is 19.3 Å². The summed E-state index contributed by atoms with van der Waals surface area (Å²) in [5, 5.41) is 5.42. The molecule has 1 fully saturated rings. The summed E-state index contributed by atoms with van der Waals surface area (Å²) in [6.07, 6.45) is 3.74. The summed E-state index contributed by atoms with van der Waals surface area (Å²) in [5.74, 6) is 0.530. The van der Waals surface area contributed by atoms with Gasteiger partial charge in [0.25, 0.3) is 5.91 Å². The Balaban J connectivity index is 1.27. The van der Waals surface area contributed by atoms with Gasteiger partial charge < -0.3 is 25.0 Å². The molecule has 2 aromatic carbocycles. The van der Waals surface area contributed by atoms with Crippen LogP contribution in [0, 0.1) is 0 Å². The molecule has 4 rings (SSSR count). The van der Waals surface area contributed by atoms with Crippen molar-refractivity contribution in [2.24, 2.45) is 0 Å². The fourth-order valence-electron chi connectivity index (χ4n) is 3.41. The third-order valence-electron chi connectivity index (χ3n) is 4.92. The predicted molar refractivity (Wildman–Crippen MR) is 106 cm³/mol. The second-order valence-corrected chi connectivity index (χ2v) is 6.89. The normalized spacial score (nSPS) is 15.2. The van der Waals surface area contributed by atoms with Crippen LogP contribution < -0.4 is 25.0 Å². The van der Waals surface area contributed by atoms with E-state index in [1.807, 2.05) is 24.3 Å². The minimum Gasteiger partial charge on any atom is -0.454 e. The predicted octanol–water partition coefficient (Wildman–Crippen LogP) is 2.77. The summed E-state index contributed by atoms with van der Waals surface area (Å²) < 4.78 is 10.5. The molecule has 0 spiro atoms. The number of rotatable bonds is 5. The Kier molecular flexibility index (Phi) is 5.32. The van der Waals surface area contributed by atoms with Gasteiger partial charge in [0.2, 0.25) is 12.7 Å². The van der Waals surface area contributed by atoms with Crippen molar-refractivity contribution < 1.29 is 19.1 Å². The molecule has 2 heterocycles. The Hall–Kier alpha value is -3.22. The Labute approximate surface area is 163 Å². The lowest BCUT2D eigenvalue weighted by Crippen LogP contribution is -2.32. The smallest absolute Gasteiger partial charge is 0.251 e. The van der Waals surface area contributed by atoms with Gasteiger partial charge in [0.15, 0.2) is 11.5 Å². The van der Waals surface area contributed by atoms with E-state index in [-0.39, 0.29) is 25.2 Å². The van der Waals surface area contributed by atoms with E-state index in [1.165, 1.54) is 24.9 Å². The first kappa shape index (κ1) is 18.2. The second kappa shape index (κ2) is 8.21. The van der Waals surface area contributed by atoms with Gasteiger partial charge in [0, 0.05) is 30.0 Å². The number of nitrogens with zero attached hydrogens (tertiary/aromatic N) is 1. The van der Waals surface area contributed by atoms with Gasteiger partial charge in [-0.3, -0.25) is 9.59 Å². The molecule has 1 saturated heterocycles. The maximum absolute atomic E-state index is 12.2. The van der Waals surface area contributed by atoms with E-state index >= 15 is 0 Å². The molecule has 28 heavy (non-hydrogen) atoms. The zero-order valence-corrected chi connectivity index (χ0v) is 15.6. The van der Waals surface area contributed by atoms with Gasteiger partial charge in [0.1, 0.15) is 0 Å². The molecule has 0 saturated carbocycles. The van der Waals surface area contributed by atoms with Gasteiger partial charge in [-0.2, -0.15) is 0 Å². The molecule has 2 aliphatic heterocycles. The van der Waals surface area contributed by atoms with Gasteiger partial charge in [-0.05, 0) is 61.7 Å². The average molecular weight is 381 g/mol. The van der Waals surface area contributed by atoms with Crippen LogP contribution in [0.1, 0.15) is 29.6 Å². The van der Waals surface area contributed by atoms with Crippen LogP contribution in [-0.4, -0.2) is 38.2 Å². The Morgan fingerprint density at radius 3 is 2.46 bits per heavy atom. The first-order chi connectivity index (χ1) is 13.7. The standard InChI is InChI=1S/C21H23N3O4/c25-20(13-22-21(26)15-4-9-18-19(12-15)28-14-27-18)23-16-5-7-17(8-6-16)24-10-2-1-3-11-24/h4-9,12H,1-3,10-11,13-14H2,(H,22,26)(H,23,25). The van der Waals surface area contributed by atoms with Crippen molar-refractivity contribution in [3.63, 3.8) is 0 Å². The largest absolute Gasteiger partial charge is 0.454 e. The maximum atomic E-state index is 12.2. The van der Waals surface area contributed by atoms with Crippen LogP contribution in [0.25, 0.3) is 0 Å². The lowest BCUT2D eigenvalue weighted by atomic mass is 10.1. The molecule has 7 heteroatoms. The zero-order valence-electron chi connectivity index (χ0n) is 15.6. The molecule has 0 unspecified atom stereocenters. The molecular weight excluding hydrogens is 358 g/mol. The first-order valence-electron chi connectivity index (χ1n) is 9.52. The van der Waals surface area contributed by atoms with Crippen LogP contribution in [0.5, 0.6) is 11.5 Å². The van der Waals surface area contributed by atoms with Crippen molar-refractivity contribution >= 4 is 23.2 Å². The van der Waals surface area contributed by atoms with E-state index in [2.05, 4.69) is 15.5 Å². The molecule has 0 atom stereocenters. The molecule has 0 bridgehead atoms. The number of carbonyl (C=O) groups is 2. The fourth-order valence-corrected chi connectivity index (χ4v) is 3.41. The van der Waals surface area contributed by atoms with Crippen LogP contribution in [-0.2, 0) is 4.79 Å². The van der Waals surface area contributed by atoms with Crippen molar-refractivity contribution in [1.29, 1.82) is 0 Å². The van der Waals surface area contributed by atoms with E-state index in [4.69, 9.17) is 9.47 Å². The molecule has 0 aromatic heterocycles. The molecule has 0 radical (unpaired) electrons. The van der Waals surface area contributed by atoms with Crippen molar-refractivity contribution in [1.82, 2.24) is 5.32 Å². The summed E-state index contributed by atoms with van der Waals surface area (Å²) in [6.45, 7) is 2.20. The second-order valence-electron chi connectivity index (χ2n) is 6.89. The molecule has 2 aliphatic rings. The van der Waals surface area contributed by atoms with Crippen LogP contribution >= 0.6 is 0 Å². The Morgan fingerprint density at radius 2 is 1.68 bits per heavy atom. The fraction of sp³-hybridized carbons (Fsp3) is 0.333. The maximum Gasteiger partial charge on any atom is 0.251 e. The quantitative estimate of drug-likeness (QED) is 0.833. The number of fused-ring (bicyclic) bond motifs is 1. The van der Waals surface area contributed by atoms with Gasteiger partial charge in [-0.1, -0.05) is 0 Å². The molecule has 7 nitrogen and oxygen atoms in total. The number of amides is 2. The molecule has 0 aliphatic carbocycles. The van der Waals surface area contributed by atoms with Gasteiger partial charge >= 0.3 is 0 Å². The molecular formula is C21H23N3O4. The Morgan fingerprint density at radius 1 is 0.929 bits per heavy atom. The van der Waals surface area contributed by atoms with Crippen molar-refractivity contribution in [2.75, 3.05) is 36.6 Å². The number of anilines is 2. The number of hydrogen-bond acceptors (Lipinski definition) is 5. The molecule has 146 valence electrons. The SMILES string of the molecule is O=C(CNC(=O)c1ccc2c(c1)OCO2)Nc1ccc(N2CCCCC2)cc1. The summed E-state index contributed by atoms with van der Waals surface area (Å²) in [4.78, 5) is 26.7. The third kappa shape index (κ3) is 4.19. The number of piperidine rings is 1. The third-order valence-corrected chi connectivity index (χ3v) is 4.92. The van der Waals surface area contributed by atoms with Crippen molar-refractivity contribution in [3.8, 4) is 11.5 Å². The highest BCUT2D eigenvalue weighted by Gasteiger charge is 2.17. The number of carbonyl (C=O) groups excluding carboxylic acids is 2. The van der Waals surface area contributed by atoms with Crippen LogP contribution in [0.2, 0.25) is 0 Å². The topological polar surface area (TPSA) is 79.9 Å². The van der Waals surface area contributed by atoms with Crippen molar-refractivity contribution in [3.05, 3.63) is 48.0 Å². The summed E-state index contributed by atoms with van der Waals surface area (Å²) in [5.41, 5.74) is 2.31. The molecule has 2 aromatic rings. The summed E-state index contributed by atoms with van der Waals surface area (Å²) >= 11 is 0. The number of hydrogen-bond donors (Lipinski definition) is 2. The van der Waals surface area contributed by atoms with Crippen LogP contribution in [0.15, 0.2) is 42.5 Å². The van der Waals surface area contributed by atoms with Gasteiger partial charge in [-0.15, -0.1) is 0 Å². The summed E-state index contributed by atoms with van der Waals surface area (Å²) in [7, 11) is 0. The highest BCUT2D eigenvalue weighted by molar-refractivity contribution is 5.99. The number of benzene rings is 2. The lowest BCUT2D eigenvalue weighted by molar-refractivity contribution is -0.115.